The summed E-state index contributed by atoms with van der Waals surface area (Å²) in [6, 6.07) is 5.46. The van der Waals surface area contributed by atoms with E-state index in [1.165, 1.54) is 41.3 Å². The molecule has 3 amide bonds. The van der Waals surface area contributed by atoms with E-state index in [-0.39, 0.29) is 34.0 Å². The summed E-state index contributed by atoms with van der Waals surface area (Å²) in [7, 11) is 0. The lowest BCUT2D eigenvalue weighted by atomic mass is 10.0. The van der Waals surface area contributed by atoms with E-state index in [9.17, 15) is 27.6 Å². The SMILES string of the molecule is NC(=O)c1nn(CC(=O)N2CC(F)CC2C(=O)Nc2cccc(-c3cc(F)c(F)cc3Cl)c2F)c2cnccc12. The van der Waals surface area contributed by atoms with Crippen LogP contribution in [0.1, 0.15) is 16.9 Å². The van der Waals surface area contributed by atoms with Gasteiger partial charge < -0.3 is 16.0 Å². The second-order valence-corrected chi connectivity index (χ2v) is 9.47. The van der Waals surface area contributed by atoms with Crippen molar-refractivity contribution in [2.24, 2.45) is 5.73 Å². The fourth-order valence-corrected chi connectivity index (χ4v) is 4.88. The number of primary amides is 1. The number of alkyl halides is 1. The Morgan fingerprint density at radius 1 is 1.10 bits per heavy atom. The van der Waals surface area contributed by atoms with Gasteiger partial charge >= 0.3 is 0 Å². The van der Waals surface area contributed by atoms with Crippen molar-refractivity contribution in [2.75, 3.05) is 11.9 Å². The molecule has 1 saturated heterocycles. The Bertz CT molecular complexity index is 1680. The zero-order chi connectivity index (χ0) is 28.7. The van der Waals surface area contributed by atoms with E-state index < -0.39 is 60.5 Å². The number of nitrogens with zero attached hydrogens (tertiary/aromatic N) is 4. The number of pyridine rings is 1. The Morgan fingerprint density at radius 2 is 1.85 bits per heavy atom. The quantitative estimate of drug-likeness (QED) is 0.267. The molecule has 2 unspecified atom stereocenters. The summed E-state index contributed by atoms with van der Waals surface area (Å²) < 4.78 is 58.3. The van der Waals surface area contributed by atoms with Gasteiger partial charge in [-0.05, 0) is 24.3 Å². The number of fused-ring (bicyclic) bond motifs is 1. The van der Waals surface area contributed by atoms with Gasteiger partial charge in [0.05, 0.1) is 29.0 Å². The highest BCUT2D eigenvalue weighted by atomic mass is 35.5. The Kier molecular flexibility index (Phi) is 7.15. The third kappa shape index (κ3) is 4.95. The molecule has 0 saturated carbocycles. The van der Waals surface area contributed by atoms with Crippen LogP contribution in [-0.4, -0.2) is 56.1 Å². The van der Waals surface area contributed by atoms with Crippen LogP contribution in [0.2, 0.25) is 5.02 Å². The maximum Gasteiger partial charge on any atom is 0.269 e. The van der Waals surface area contributed by atoms with Gasteiger partial charge in [-0.1, -0.05) is 23.7 Å². The smallest absolute Gasteiger partial charge is 0.269 e. The van der Waals surface area contributed by atoms with Gasteiger partial charge in [0.15, 0.2) is 23.1 Å². The second kappa shape index (κ2) is 10.6. The Balaban J connectivity index is 1.38. The number of nitrogens with two attached hydrogens (primary N) is 1. The summed E-state index contributed by atoms with van der Waals surface area (Å²) in [6.07, 6.45) is 0.922. The lowest BCUT2D eigenvalue weighted by Crippen LogP contribution is -2.44. The van der Waals surface area contributed by atoms with Crippen LogP contribution in [-0.2, 0) is 16.1 Å². The first-order chi connectivity index (χ1) is 19.0. The van der Waals surface area contributed by atoms with Crippen LogP contribution in [0.4, 0.5) is 23.2 Å². The molecule has 206 valence electrons. The van der Waals surface area contributed by atoms with E-state index in [1.807, 2.05) is 0 Å². The van der Waals surface area contributed by atoms with E-state index in [4.69, 9.17) is 17.3 Å². The predicted octanol–water partition coefficient (Wildman–Crippen LogP) is 3.85. The topological polar surface area (TPSA) is 123 Å². The van der Waals surface area contributed by atoms with Crippen molar-refractivity contribution in [3.8, 4) is 11.1 Å². The molecule has 1 fully saturated rings. The van der Waals surface area contributed by atoms with Gasteiger partial charge in [-0.3, -0.25) is 24.0 Å². The molecule has 0 radical (unpaired) electrons. The molecule has 2 aromatic heterocycles. The normalized spacial score (nSPS) is 16.9. The van der Waals surface area contributed by atoms with Crippen LogP contribution in [0.25, 0.3) is 22.0 Å². The second-order valence-electron chi connectivity index (χ2n) is 9.06. The first-order valence-electron chi connectivity index (χ1n) is 11.8. The summed E-state index contributed by atoms with van der Waals surface area (Å²) in [5.41, 5.74) is 4.92. The Morgan fingerprint density at radius 3 is 2.60 bits per heavy atom. The maximum absolute atomic E-state index is 15.4. The van der Waals surface area contributed by atoms with Crippen LogP contribution < -0.4 is 11.1 Å². The molecule has 2 atom stereocenters. The third-order valence-corrected chi connectivity index (χ3v) is 6.81. The lowest BCUT2D eigenvalue weighted by molar-refractivity contribution is -0.137. The summed E-state index contributed by atoms with van der Waals surface area (Å²) in [4.78, 5) is 43.0. The fraction of sp³-hybridized carbons (Fsp3) is 0.192. The lowest BCUT2D eigenvalue weighted by Gasteiger charge is -2.24. The molecule has 0 bridgehead atoms. The molecular weight excluding hydrogens is 556 g/mol. The molecule has 5 rings (SSSR count). The largest absolute Gasteiger partial charge is 0.364 e. The van der Waals surface area contributed by atoms with Crippen molar-refractivity contribution in [3.63, 3.8) is 0 Å². The molecule has 14 heteroatoms. The minimum absolute atomic E-state index is 0.0826. The number of carbonyl (C=O) groups is 3. The van der Waals surface area contributed by atoms with Gasteiger partial charge in [0.2, 0.25) is 11.8 Å². The highest BCUT2D eigenvalue weighted by molar-refractivity contribution is 6.33. The van der Waals surface area contributed by atoms with Crippen LogP contribution in [0, 0.1) is 17.5 Å². The number of halogens is 5. The maximum atomic E-state index is 15.4. The van der Waals surface area contributed by atoms with Crippen molar-refractivity contribution in [1.29, 1.82) is 0 Å². The number of hydrogen-bond donors (Lipinski definition) is 2. The average molecular weight is 575 g/mol. The van der Waals surface area contributed by atoms with E-state index >= 15 is 4.39 Å². The number of aromatic nitrogens is 3. The number of hydrogen-bond acceptors (Lipinski definition) is 5. The number of likely N-dealkylation sites (tertiary alicyclic amines) is 1. The van der Waals surface area contributed by atoms with Gasteiger partial charge in [0.1, 0.15) is 18.8 Å². The zero-order valence-corrected chi connectivity index (χ0v) is 21.1. The number of amides is 3. The Hall–Kier alpha value is -4.52. The van der Waals surface area contributed by atoms with Crippen LogP contribution in [0.15, 0.2) is 48.8 Å². The Labute approximate surface area is 228 Å². The first-order valence-corrected chi connectivity index (χ1v) is 12.2. The van der Waals surface area contributed by atoms with Crippen molar-refractivity contribution in [2.45, 2.75) is 25.2 Å². The van der Waals surface area contributed by atoms with Crippen molar-refractivity contribution in [1.82, 2.24) is 19.7 Å². The number of carbonyl (C=O) groups excluding carboxylic acids is 3. The van der Waals surface area contributed by atoms with Gasteiger partial charge in [-0.25, -0.2) is 17.6 Å². The molecule has 1 aliphatic heterocycles. The van der Waals surface area contributed by atoms with Gasteiger partial charge in [-0.15, -0.1) is 0 Å². The minimum atomic E-state index is -1.53. The first kappa shape index (κ1) is 27.1. The highest BCUT2D eigenvalue weighted by Gasteiger charge is 2.40. The number of nitrogens with one attached hydrogen (secondary N) is 1. The molecule has 0 spiro atoms. The minimum Gasteiger partial charge on any atom is -0.364 e. The number of rotatable bonds is 6. The molecule has 2 aromatic carbocycles. The predicted molar refractivity (Wildman–Crippen MR) is 136 cm³/mol. The van der Waals surface area contributed by atoms with Gasteiger partial charge in [0.25, 0.3) is 5.91 Å². The molecular formula is C26H19ClF4N6O3. The third-order valence-electron chi connectivity index (χ3n) is 6.50. The molecule has 3 N–H and O–H groups in total. The van der Waals surface area contributed by atoms with E-state index in [0.717, 1.165) is 11.0 Å². The number of benzene rings is 2. The van der Waals surface area contributed by atoms with E-state index in [2.05, 4.69) is 15.4 Å². The molecule has 40 heavy (non-hydrogen) atoms. The van der Waals surface area contributed by atoms with Gasteiger partial charge in [-0.2, -0.15) is 5.10 Å². The highest BCUT2D eigenvalue weighted by Crippen LogP contribution is 2.34. The number of anilines is 1. The van der Waals surface area contributed by atoms with Crippen molar-refractivity contribution >= 4 is 45.9 Å². The van der Waals surface area contributed by atoms with E-state index in [1.54, 1.807) is 0 Å². The van der Waals surface area contributed by atoms with Crippen LogP contribution >= 0.6 is 11.6 Å². The van der Waals surface area contributed by atoms with Gasteiger partial charge in [0, 0.05) is 29.1 Å². The fourth-order valence-electron chi connectivity index (χ4n) is 4.63. The van der Waals surface area contributed by atoms with E-state index in [0.29, 0.717) is 17.0 Å². The molecule has 1 aliphatic rings. The van der Waals surface area contributed by atoms with Crippen LogP contribution in [0.3, 0.4) is 0 Å². The summed E-state index contributed by atoms with van der Waals surface area (Å²) in [6.45, 7) is -0.853. The molecule has 3 heterocycles. The monoisotopic (exact) mass is 574 g/mol. The standard InChI is InChI=1S/C26H19ClF4N6O3/c27-16-8-18(30)17(29)7-15(16)13-2-1-3-19(23(13)31)34-26(40)20-6-12(28)10-36(20)22(38)11-37-21-9-33-5-4-14(21)24(35-37)25(32)39/h1-5,7-9,12,20H,6,10-11H2,(H2,32,39)(H,34,40). The van der Waals surface area contributed by atoms with Crippen molar-refractivity contribution < 1.29 is 31.9 Å². The summed E-state index contributed by atoms with van der Waals surface area (Å²) >= 11 is 5.98. The zero-order valence-electron chi connectivity index (χ0n) is 20.4. The molecule has 0 aliphatic carbocycles. The van der Waals surface area contributed by atoms with Crippen molar-refractivity contribution in [3.05, 3.63) is 77.0 Å². The van der Waals surface area contributed by atoms with Crippen LogP contribution in [0.5, 0.6) is 0 Å². The summed E-state index contributed by atoms with van der Waals surface area (Å²) in [5, 5.41) is 6.53. The molecule has 4 aromatic rings. The summed E-state index contributed by atoms with van der Waals surface area (Å²) in [5.74, 6) is -5.83. The average Bonchev–Trinajstić information content (AvgIpc) is 3.49. The molecule has 9 nitrogen and oxygen atoms in total.